The number of anilines is 1. The predicted molar refractivity (Wildman–Crippen MR) is 65.7 cm³/mol. The fraction of sp³-hybridized carbons (Fsp3) is 0.333. The average molecular weight is 290 g/mol. The summed E-state index contributed by atoms with van der Waals surface area (Å²) >= 11 is 0. The van der Waals surface area contributed by atoms with Crippen LogP contribution >= 0.6 is 0 Å². The standard InChI is InChI=1S/C12H13F3N2O3/c13-12(14,15)6-1-7-16-11(20)17-9-4-2-8(3-5-9)10(18)19/h2-5H,1,6-7H2,(H,18,19)(H2,16,17,20). The van der Waals surface area contributed by atoms with Crippen LogP contribution in [0.4, 0.5) is 23.7 Å². The van der Waals surface area contributed by atoms with E-state index in [9.17, 15) is 22.8 Å². The molecule has 1 rings (SSSR count). The number of carbonyl (C=O) groups is 2. The minimum absolute atomic E-state index is 0.0705. The van der Waals surface area contributed by atoms with E-state index in [1.165, 1.54) is 24.3 Å². The number of hydrogen-bond donors (Lipinski definition) is 3. The lowest BCUT2D eigenvalue weighted by atomic mass is 10.2. The number of carboxylic acids is 1. The van der Waals surface area contributed by atoms with E-state index in [2.05, 4.69) is 10.6 Å². The number of benzene rings is 1. The van der Waals surface area contributed by atoms with Gasteiger partial charge in [-0.3, -0.25) is 0 Å². The Morgan fingerprint density at radius 3 is 2.25 bits per heavy atom. The van der Waals surface area contributed by atoms with Crippen molar-refractivity contribution < 1.29 is 27.9 Å². The molecule has 0 aromatic heterocycles. The molecule has 3 N–H and O–H groups in total. The second kappa shape index (κ2) is 6.78. The first-order chi connectivity index (χ1) is 9.28. The summed E-state index contributed by atoms with van der Waals surface area (Å²) in [5.41, 5.74) is 0.421. The van der Waals surface area contributed by atoms with Crippen molar-refractivity contribution in [2.75, 3.05) is 11.9 Å². The van der Waals surface area contributed by atoms with E-state index in [0.717, 1.165) is 0 Å². The van der Waals surface area contributed by atoms with Gasteiger partial charge >= 0.3 is 18.2 Å². The maximum absolute atomic E-state index is 11.9. The predicted octanol–water partition coefficient (Wildman–Crippen LogP) is 2.85. The minimum Gasteiger partial charge on any atom is -0.478 e. The van der Waals surface area contributed by atoms with E-state index in [4.69, 9.17) is 5.11 Å². The molecule has 0 atom stereocenters. The summed E-state index contributed by atoms with van der Waals surface area (Å²) in [6.45, 7) is -0.0987. The SMILES string of the molecule is O=C(NCCCC(F)(F)F)Nc1ccc(C(=O)O)cc1. The van der Waals surface area contributed by atoms with E-state index in [1.807, 2.05) is 0 Å². The Morgan fingerprint density at radius 2 is 1.75 bits per heavy atom. The van der Waals surface area contributed by atoms with Crippen molar-refractivity contribution in [2.45, 2.75) is 19.0 Å². The van der Waals surface area contributed by atoms with E-state index in [1.54, 1.807) is 0 Å². The molecule has 0 spiro atoms. The Hall–Kier alpha value is -2.25. The number of nitrogens with one attached hydrogen (secondary N) is 2. The molecule has 0 heterocycles. The molecule has 1 aromatic carbocycles. The normalized spacial score (nSPS) is 10.9. The Kier molecular flexibility index (Phi) is 5.36. The molecule has 0 saturated heterocycles. The van der Waals surface area contributed by atoms with Crippen LogP contribution < -0.4 is 10.6 Å². The van der Waals surface area contributed by atoms with Gasteiger partial charge in [0.1, 0.15) is 0 Å². The van der Waals surface area contributed by atoms with Gasteiger partial charge in [-0.15, -0.1) is 0 Å². The first kappa shape index (κ1) is 15.8. The van der Waals surface area contributed by atoms with Crippen molar-refractivity contribution in [3.63, 3.8) is 0 Å². The monoisotopic (exact) mass is 290 g/mol. The lowest BCUT2D eigenvalue weighted by molar-refractivity contribution is -0.135. The Morgan fingerprint density at radius 1 is 1.15 bits per heavy atom. The van der Waals surface area contributed by atoms with Crippen LogP contribution in [-0.4, -0.2) is 29.8 Å². The van der Waals surface area contributed by atoms with Crippen LogP contribution in [0.2, 0.25) is 0 Å². The van der Waals surface area contributed by atoms with Gasteiger partial charge in [-0.25, -0.2) is 9.59 Å². The van der Waals surface area contributed by atoms with Gasteiger partial charge in [0.05, 0.1) is 5.56 Å². The van der Waals surface area contributed by atoms with Crippen molar-refractivity contribution >= 4 is 17.7 Å². The molecule has 0 saturated carbocycles. The van der Waals surface area contributed by atoms with Gasteiger partial charge in [-0.2, -0.15) is 13.2 Å². The van der Waals surface area contributed by atoms with Gasteiger partial charge in [-0.05, 0) is 30.7 Å². The van der Waals surface area contributed by atoms with Crippen molar-refractivity contribution in [1.82, 2.24) is 5.32 Å². The first-order valence-corrected chi connectivity index (χ1v) is 5.73. The fourth-order valence-electron chi connectivity index (χ4n) is 1.36. The third-order valence-electron chi connectivity index (χ3n) is 2.31. The van der Waals surface area contributed by atoms with E-state index >= 15 is 0 Å². The van der Waals surface area contributed by atoms with Gasteiger partial charge in [0.15, 0.2) is 0 Å². The number of aromatic carboxylic acids is 1. The van der Waals surface area contributed by atoms with Crippen LogP contribution in [0.1, 0.15) is 23.2 Å². The summed E-state index contributed by atoms with van der Waals surface area (Å²) < 4.78 is 35.6. The topological polar surface area (TPSA) is 78.4 Å². The van der Waals surface area contributed by atoms with Gasteiger partial charge < -0.3 is 15.7 Å². The zero-order chi connectivity index (χ0) is 15.2. The van der Waals surface area contributed by atoms with Crippen molar-refractivity contribution in [3.8, 4) is 0 Å². The quantitative estimate of drug-likeness (QED) is 0.730. The molecule has 0 aliphatic carbocycles. The third-order valence-corrected chi connectivity index (χ3v) is 2.31. The minimum atomic E-state index is -4.23. The van der Waals surface area contributed by atoms with Gasteiger partial charge in [0, 0.05) is 18.7 Å². The highest BCUT2D eigenvalue weighted by atomic mass is 19.4. The fourth-order valence-corrected chi connectivity index (χ4v) is 1.36. The summed E-state index contributed by atoms with van der Waals surface area (Å²) in [6, 6.07) is 4.75. The van der Waals surface area contributed by atoms with Crippen molar-refractivity contribution in [3.05, 3.63) is 29.8 Å². The highest BCUT2D eigenvalue weighted by Gasteiger charge is 2.25. The molecule has 8 heteroatoms. The molecule has 0 unspecified atom stereocenters. The highest BCUT2D eigenvalue weighted by molar-refractivity contribution is 5.91. The molecular formula is C12H13F3N2O3. The molecule has 110 valence electrons. The van der Waals surface area contributed by atoms with Crippen LogP contribution in [0, 0.1) is 0 Å². The second-order valence-electron chi connectivity index (χ2n) is 3.98. The summed E-state index contributed by atoms with van der Waals surface area (Å²) in [5.74, 6) is -1.09. The summed E-state index contributed by atoms with van der Waals surface area (Å²) in [5, 5.41) is 13.3. The largest absolute Gasteiger partial charge is 0.478 e. The van der Waals surface area contributed by atoms with Gasteiger partial charge in [0.25, 0.3) is 0 Å². The number of carbonyl (C=O) groups excluding carboxylic acids is 1. The number of hydrogen-bond acceptors (Lipinski definition) is 2. The lowest BCUT2D eigenvalue weighted by Gasteiger charge is -2.09. The molecule has 0 bridgehead atoms. The number of rotatable bonds is 5. The van der Waals surface area contributed by atoms with E-state index < -0.39 is 24.6 Å². The lowest BCUT2D eigenvalue weighted by Crippen LogP contribution is -2.30. The Labute approximate surface area is 112 Å². The van der Waals surface area contributed by atoms with Crippen LogP contribution in [0.15, 0.2) is 24.3 Å². The maximum atomic E-state index is 11.9. The van der Waals surface area contributed by atoms with Gasteiger partial charge in [-0.1, -0.05) is 0 Å². The number of alkyl halides is 3. The number of urea groups is 1. The molecule has 1 aromatic rings. The van der Waals surface area contributed by atoms with Crippen molar-refractivity contribution in [1.29, 1.82) is 0 Å². The number of halogens is 3. The zero-order valence-electron chi connectivity index (χ0n) is 10.3. The summed E-state index contributed by atoms with van der Waals surface area (Å²) in [7, 11) is 0. The molecule has 20 heavy (non-hydrogen) atoms. The molecular weight excluding hydrogens is 277 g/mol. The van der Waals surface area contributed by atoms with Gasteiger partial charge in [0.2, 0.25) is 0 Å². The first-order valence-electron chi connectivity index (χ1n) is 5.73. The molecule has 0 aliphatic rings. The number of carboxylic acid groups (broad SMARTS) is 1. The van der Waals surface area contributed by atoms with Crippen LogP contribution in [0.25, 0.3) is 0 Å². The zero-order valence-corrected chi connectivity index (χ0v) is 10.3. The third kappa shape index (κ3) is 6.07. The maximum Gasteiger partial charge on any atom is 0.389 e. The Bertz CT molecular complexity index is 472. The molecule has 0 radical (unpaired) electrons. The smallest absolute Gasteiger partial charge is 0.389 e. The summed E-state index contributed by atoms with van der Waals surface area (Å²) in [6.07, 6.45) is -5.39. The second-order valence-corrected chi connectivity index (χ2v) is 3.98. The molecule has 0 aliphatic heterocycles. The molecule has 0 fully saturated rings. The van der Waals surface area contributed by atoms with Crippen LogP contribution in [0.3, 0.4) is 0 Å². The molecule has 2 amide bonds. The Balaban J connectivity index is 2.33. The van der Waals surface area contributed by atoms with Crippen LogP contribution in [-0.2, 0) is 0 Å². The van der Waals surface area contributed by atoms with E-state index in [-0.39, 0.29) is 18.5 Å². The van der Waals surface area contributed by atoms with Crippen LogP contribution in [0.5, 0.6) is 0 Å². The summed E-state index contributed by atoms with van der Waals surface area (Å²) in [4.78, 5) is 21.9. The molecule has 5 nitrogen and oxygen atoms in total. The van der Waals surface area contributed by atoms with Crippen molar-refractivity contribution in [2.24, 2.45) is 0 Å². The van der Waals surface area contributed by atoms with E-state index in [0.29, 0.717) is 5.69 Å². The number of amides is 2. The highest BCUT2D eigenvalue weighted by Crippen LogP contribution is 2.20. The average Bonchev–Trinajstić information content (AvgIpc) is 2.34.